The molecule has 94 valence electrons. The van der Waals surface area contributed by atoms with Crippen molar-refractivity contribution in [3.05, 3.63) is 36.8 Å². The Morgan fingerprint density at radius 1 is 0.944 bits per heavy atom. The molecule has 7 heteroatoms. The molecule has 0 fully saturated rings. The van der Waals surface area contributed by atoms with Gasteiger partial charge >= 0.3 is 0 Å². The van der Waals surface area contributed by atoms with Crippen molar-refractivity contribution in [3.8, 4) is 0 Å². The summed E-state index contributed by atoms with van der Waals surface area (Å²) in [6, 6.07) is 0. The summed E-state index contributed by atoms with van der Waals surface area (Å²) < 4.78 is 0. The van der Waals surface area contributed by atoms with Gasteiger partial charge in [-0.2, -0.15) is 0 Å². The zero-order valence-corrected chi connectivity index (χ0v) is 11.8. The van der Waals surface area contributed by atoms with Gasteiger partial charge < -0.3 is 5.11 Å². The fourth-order valence-corrected chi connectivity index (χ4v) is 2.78. The third-order valence-electron chi connectivity index (χ3n) is 2.55. The van der Waals surface area contributed by atoms with Crippen molar-refractivity contribution in [3.63, 3.8) is 0 Å². The molecule has 0 unspecified atom stereocenters. The van der Waals surface area contributed by atoms with Gasteiger partial charge in [-0.05, 0) is 6.92 Å². The number of carbonyl (C=O) groups is 2. The van der Waals surface area contributed by atoms with Crippen LogP contribution in [-0.4, -0.2) is 16.7 Å². The van der Waals surface area contributed by atoms with E-state index in [0.717, 1.165) is 6.92 Å². The molecular weight excluding hydrogens is 322 g/mol. The van der Waals surface area contributed by atoms with E-state index in [2.05, 4.69) is 0 Å². The Balaban J connectivity index is 2.91. The van der Waals surface area contributed by atoms with Gasteiger partial charge in [0.15, 0.2) is 5.78 Å². The molecule has 0 radical (unpaired) electrons. The Bertz CT molecular complexity index is 646. The van der Waals surface area contributed by atoms with Crippen LogP contribution in [0.3, 0.4) is 0 Å². The molecule has 0 aliphatic heterocycles. The SMILES string of the molecule is CC(=O)C1=C(O)c2c(Cl)c(Cl)c(Cl)c(Cl)c2C1=O. The average Bonchev–Trinajstić information content (AvgIpc) is 2.55. The molecule has 1 aliphatic carbocycles. The van der Waals surface area contributed by atoms with Gasteiger partial charge in [-0.1, -0.05) is 46.4 Å². The number of ketones is 2. The molecule has 0 amide bonds. The monoisotopic (exact) mass is 324 g/mol. The molecule has 1 aromatic rings. The minimum absolute atomic E-state index is 0.0498. The van der Waals surface area contributed by atoms with E-state index in [1.165, 1.54) is 0 Å². The summed E-state index contributed by atoms with van der Waals surface area (Å²) in [6.45, 7) is 1.15. The van der Waals surface area contributed by atoms with Crippen LogP contribution in [0.15, 0.2) is 5.57 Å². The Kier molecular flexibility index (Phi) is 3.36. The summed E-state index contributed by atoms with van der Waals surface area (Å²) >= 11 is 23.5. The van der Waals surface area contributed by atoms with E-state index in [1.807, 2.05) is 0 Å². The summed E-state index contributed by atoms with van der Waals surface area (Å²) in [5.41, 5.74) is -0.517. The largest absolute Gasteiger partial charge is 0.506 e. The number of Topliss-reactive ketones (excluding diaryl/α,β-unsaturated/α-hetero) is 2. The zero-order chi connectivity index (χ0) is 13.8. The summed E-state index contributed by atoms with van der Waals surface area (Å²) in [6.07, 6.45) is 0. The summed E-state index contributed by atoms with van der Waals surface area (Å²) in [7, 11) is 0. The molecular formula is C11H4Cl4O3. The van der Waals surface area contributed by atoms with Crippen LogP contribution in [0.2, 0.25) is 20.1 Å². The third-order valence-corrected chi connectivity index (χ3v) is 4.35. The number of hydrogen-bond acceptors (Lipinski definition) is 3. The van der Waals surface area contributed by atoms with Crippen molar-refractivity contribution in [1.82, 2.24) is 0 Å². The predicted molar refractivity (Wildman–Crippen MR) is 71.0 cm³/mol. The first-order chi connectivity index (χ1) is 8.29. The first kappa shape index (κ1) is 13.7. The molecule has 0 heterocycles. The van der Waals surface area contributed by atoms with Crippen LogP contribution in [0.4, 0.5) is 0 Å². The lowest BCUT2D eigenvalue weighted by molar-refractivity contribution is -0.113. The van der Waals surface area contributed by atoms with E-state index in [9.17, 15) is 14.7 Å². The van der Waals surface area contributed by atoms with Gasteiger partial charge in [0.1, 0.15) is 11.3 Å². The molecule has 1 aromatic carbocycles. The number of halogens is 4. The van der Waals surface area contributed by atoms with Crippen molar-refractivity contribution in [2.75, 3.05) is 0 Å². The number of aliphatic hydroxyl groups excluding tert-OH is 1. The van der Waals surface area contributed by atoms with E-state index < -0.39 is 17.3 Å². The standard InChI is InChI=1S/C11H4Cl4O3/c1-2(16)3-10(17)4-5(11(3)18)7(13)9(15)8(14)6(4)12/h17H,1H3. The Hall–Kier alpha value is -0.740. The predicted octanol–water partition coefficient (Wildman–Crippen LogP) is 4.35. The van der Waals surface area contributed by atoms with Gasteiger partial charge in [-0.3, -0.25) is 9.59 Å². The smallest absolute Gasteiger partial charge is 0.202 e. The second-order valence-electron chi connectivity index (χ2n) is 3.61. The van der Waals surface area contributed by atoms with E-state index in [1.54, 1.807) is 0 Å². The number of benzene rings is 1. The quantitative estimate of drug-likeness (QED) is 0.474. The highest BCUT2D eigenvalue weighted by atomic mass is 35.5. The maximum atomic E-state index is 12.0. The van der Waals surface area contributed by atoms with Gasteiger partial charge in [0.25, 0.3) is 0 Å². The van der Waals surface area contributed by atoms with Crippen molar-refractivity contribution >= 4 is 63.7 Å². The van der Waals surface area contributed by atoms with Crippen molar-refractivity contribution in [2.45, 2.75) is 6.92 Å². The number of carbonyl (C=O) groups excluding carboxylic acids is 2. The lowest BCUT2D eigenvalue weighted by atomic mass is 10.1. The lowest BCUT2D eigenvalue weighted by Gasteiger charge is -2.09. The van der Waals surface area contributed by atoms with Crippen LogP contribution in [0.1, 0.15) is 22.8 Å². The van der Waals surface area contributed by atoms with Crippen LogP contribution in [0.25, 0.3) is 5.76 Å². The topological polar surface area (TPSA) is 54.4 Å². The fourth-order valence-electron chi connectivity index (χ4n) is 1.75. The second kappa shape index (κ2) is 4.42. The molecule has 3 nitrogen and oxygen atoms in total. The minimum atomic E-state index is -0.708. The van der Waals surface area contributed by atoms with Crippen molar-refractivity contribution in [2.24, 2.45) is 0 Å². The van der Waals surface area contributed by atoms with E-state index in [-0.39, 0.29) is 36.8 Å². The van der Waals surface area contributed by atoms with Crippen LogP contribution in [-0.2, 0) is 4.79 Å². The minimum Gasteiger partial charge on any atom is -0.506 e. The highest BCUT2D eigenvalue weighted by Gasteiger charge is 2.38. The number of rotatable bonds is 1. The van der Waals surface area contributed by atoms with Gasteiger partial charge in [-0.25, -0.2) is 0 Å². The number of allylic oxidation sites excluding steroid dienone is 1. The van der Waals surface area contributed by atoms with Gasteiger partial charge in [0, 0.05) is 0 Å². The Labute approximate surface area is 122 Å². The summed E-state index contributed by atoms with van der Waals surface area (Å²) in [5.74, 6) is -1.82. The molecule has 2 rings (SSSR count). The maximum absolute atomic E-state index is 12.0. The number of hydrogen-bond donors (Lipinski definition) is 1. The van der Waals surface area contributed by atoms with Crippen LogP contribution >= 0.6 is 46.4 Å². The summed E-state index contributed by atoms with van der Waals surface area (Å²) in [4.78, 5) is 23.3. The lowest BCUT2D eigenvalue weighted by Crippen LogP contribution is -2.07. The first-order valence-corrected chi connectivity index (χ1v) is 6.15. The van der Waals surface area contributed by atoms with E-state index >= 15 is 0 Å². The maximum Gasteiger partial charge on any atom is 0.202 e. The molecule has 0 saturated carbocycles. The van der Waals surface area contributed by atoms with Gasteiger partial charge in [-0.15, -0.1) is 0 Å². The van der Waals surface area contributed by atoms with Gasteiger partial charge in [0.2, 0.25) is 5.78 Å². The van der Waals surface area contributed by atoms with Crippen LogP contribution in [0, 0.1) is 0 Å². The van der Waals surface area contributed by atoms with Gasteiger partial charge in [0.05, 0.1) is 31.2 Å². The zero-order valence-electron chi connectivity index (χ0n) is 8.78. The van der Waals surface area contributed by atoms with Crippen molar-refractivity contribution < 1.29 is 14.7 Å². The molecule has 0 bridgehead atoms. The molecule has 0 saturated heterocycles. The average molecular weight is 326 g/mol. The second-order valence-corrected chi connectivity index (χ2v) is 5.13. The first-order valence-electron chi connectivity index (χ1n) is 4.64. The Morgan fingerprint density at radius 2 is 1.39 bits per heavy atom. The van der Waals surface area contributed by atoms with Crippen LogP contribution < -0.4 is 0 Å². The molecule has 0 spiro atoms. The number of aliphatic hydroxyl groups is 1. The molecule has 0 aromatic heterocycles. The third kappa shape index (κ3) is 1.66. The summed E-state index contributed by atoms with van der Waals surface area (Å²) in [5, 5.41) is 9.49. The van der Waals surface area contributed by atoms with E-state index in [0.29, 0.717) is 0 Å². The molecule has 18 heavy (non-hydrogen) atoms. The highest BCUT2D eigenvalue weighted by Crippen LogP contribution is 2.47. The number of fused-ring (bicyclic) bond motifs is 1. The van der Waals surface area contributed by atoms with Crippen LogP contribution in [0.5, 0.6) is 0 Å². The van der Waals surface area contributed by atoms with Crippen molar-refractivity contribution in [1.29, 1.82) is 0 Å². The van der Waals surface area contributed by atoms with E-state index in [4.69, 9.17) is 46.4 Å². The normalized spacial score (nSPS) is 14.2. The molecule has 1 N–H and O–H groups in total. The Morgan fingerprint density at radius 3 is 1.83 bits per heavy atom. The molecule has 1 aliphatic rings. The molecule has 0 atom stereocenters. The fraction of sp³-hybridized carbons (Fsp3) is 0.0909. The highest BCUT2D eigenvalue weighted by molar-refractivity contribution is 6.55.